The van der Waals surface area contributed by atoms with E-state index in [-0.39, 0.29) is 6.42 Å². The van der Waals surface area contributed by atoms with Gasteiger partial charge in [-0.3, -0.25) is 9.69 Å². The number of hydrogen-bond donors (Lipinski definition) is 2. The van der Waals surface area contributed by atoms with Crippen LogP contribution in [0.5, 0.6) is 0 Å². The van der Waals surface area contributed by atoms with Crippen LogP contribution in [0.2, 0.25) is 0 Å². The fourth-order valence-electron chi connectivity index (χ4n) is 2.41. The van der Waals surface area contributed by atoms with E-state index in [1.165, 1.54) is 5.56 Å². The Bertz CT molecular complexity index is 444. The predicted octanol–water partition coefficient (Wildman–Crippen LogP) is 1.00. The third kappa shape index (κ3) is 4.51. The summed E-state index contributed by atoms with van der Waals surface area (Å²) in [5, 5.41) is 12.1. The zero-order valence-corrected chi connectivity index (χ0v) is 12.0. The van der Waals surface area contributed by atoms with Gasteiger partial charge >= 0.3 is 5.97 Å². The third-order valence-corrected chi connectivity index (χ3v) is 3.63. The summed E-state index contributed by atoms with van der Waals surface area (Å²) in [5.41, 5.74) is 2.37. The van der Waals surface area contributed by atoms with Crippen molar-refractivity contribution in [2.24, 2.45) is 0 Å². The molecule has 5 nitrogen and oxygen atoms in total. The smallest absolute Gasteiger partial charge is 0.305 e. The lowest BCUT2D eigenvalue weighted by atomic mass is 10.1. The fraction of sp³-hybridized carbons (Fsp3) is 0.533. The zero-order chi connectivity index (χ0) is 14.4. The molecule has 0 aromatic heterocycles. The summed E-state index contributed by atoms with van der Waals surface area (Å²) >= 11 is 0. The predicted molar refractivity (Wildman–Crippen MR) is 80.1 cm³/mol. The van der Waals surface area contributed by atoms with Crippen LogP contribution in [0.4, 0.5) is 5.69 Å². The average molecular weight is 277 g/mol. The molecule has 1 fully saturated rings. The van der Waals surface area contributed by atoms with Gasteiger partial charge in [0.2, 0.25) is 0 Å². The molecule has 1 aliphatic rings. The summed E-state index contributed by atoms with van der Waals surface area (Å²) in [6, 6.07) is 8.37. The Kier molecular flexibility index (Phi) is 5.38. The van der Waals surface area contributed by atoms with Gasteiger partial charge in [0, 0.05) is 52.0 Å². The molecular weight excluding hydrogens is 254 g/mol. The monoisotopic (exact) mass is 277 g/mol. The van der Waals surface area contributed by atoms with E-state index in [9.17, 15) is 4.79 Å². The van der Waals surface area contributed by atoms with Crippen LogP contribution in [0.1, 0.15) is 12.0 Å². The number of carboxylic acid groups (broad SMARTS) is 1. The van der Waals surface area contributed by atoms with Crippen molar-refractivity contribution in [3.63, 3.8) is 0 Å². The number of benzene rings is 1. The van der Waals surface area contributed by atoms with E-state index in [0.717, 1.165) is 38.4 Å². The van der Waals surface area contributed by atoms with E-state index >= 15 is 0 Å². The number of carboxylic acids is 1. The first-order valence-corrected chi connectivity index (χ1v) is 7.10. The number of anilines is 1. The topological polar surface area (TPSA) is 55.8 Å². The van der Waals surface area contributed by atoms with Crippen molar-refractivity contribution in [3.8, 4) is 0 Å². The molecule has 2 N–H and O–H groups in total. The van der Waals surface area contributed by atoms with Crippen LogP contribution < -0.4 is 10.2 Å². The summed E-state index contributed by atoms with van der Waals surface area (Å²) in [7, 11) is 1.94. The molecule has 0 unspecified atom stereocenters. The van der Waals surface area contributed by atoms with Crippen LogP contribution >= 0.6 is 0 Å². The Morgan fingerprint density at radius 1 is 1.40 bits per heavy atom. The summed E-state index contributed by atoms with van der Waals surface area (Å²) in [6.45, 7) is 5.77. The minimum Gasteiger partial charge on any atom is -0.481 e. The number of carbonyl (C=O) groups is 1. The molecule has 0 saturated carbocycles. The highest BCUT2D eigenvalue weighted by Gasteiger charge is 2.11. The molecule has 0 bridgehead atoms. The van der Waals surface area contributed by atoms with Gasteiger partial charge in [0.15, 0.2) is 0 Å². The largest absolute Gasteiger partial charge is 0.481 e. The number of piperazine rings is 1. The quantitative estimate of drug-likeness (QED) is 0.812. The maximum absolute atomic E-state index is 10.6. The fourth-order valence-corrected chi connectivity index (χ4v) is 2.41. The zero-order valence-electron chi connectivity index (χ0n) is 12.0. The molecule has 1 aromatic carbocycles. The highest BCUT2D eigenvalue weighted by Crippen LogP contribution is 2.16. The van der Waals surface area contributed by atoms with Crippen LogP contribution in [0.25, 0.3) is 0 Å². The van der Waals surface area contributed by atoms with E-state index in [4.69, 9.17) is 5.11 Å². The number of rotatable bonds is 6. The van der Waals surface area contributed by atoms with Crippen LogP contribution in [0.15, 0.2) is 24.3 Å². The Morgan fingerprint density at radius 3 is 2.85 bits per heavy atom. The van der Waals surface area contributed by atoms with Gasteiger partial charge < -0.3 is 15.3 Å². The molecule has 0 radical (unpaired) electrons. The van der Waals surface area contributed by atoms with Gasteiger partial charge in [0.05, 0.1) is 6.42 Å². The van der Waals surface area contributed by atoms with Gasteiger partial charge in [-0.05, 0) is 17.7 Å². The Balaban J connectivity index is 1.94. The molecule has 0 spiro atoms. The molecule has 110 valence electrons. The van der Waals surface area contributed by atoms with E-state index in [2.05, 4.69) is 22.3 Å². The van der Waals surface area contributed by atoms with Crippen molar-refractivity contribution in [2.45, 2.75) is 13.0 Å². The van der Waals surface area contributed by atoms with E-state index in [0.29, 0.717) is 6.54 Å². The Morgan fingerprint density at radius 2 is 2.15 bits per heavy atom. The van der Waals surface area contributed by atoms with Crippen LogP contribution in [-0.4, -0.2) is 55.7 Å². The lowest BCUT2D eigenvalue weighted by molar-refractivity contribution is -0.136. The normalized spacial score (nSPS) is 16.1. The summed E-state index contributed by atoms with van der Waals surface area (Å²) in [5.74, 6) is -0.756. The molecule has 0 aliphatic carbocycles. The Hall–Kier alpha value is -1.59. The van der Waals surface area contributed by atoms with Gasteiger partial charge in [-0.25, -0.2) is 0 Å². The first kappa shape index (κ1) is 14.8. The molecule has 0 amide bonds. The second kappa shape index (κ2) is 7.26. The minimum absolute atomic E-state index is 0.165. The lowest BCUT2D eigenvalue weighted by Crippen LogP contribution is -2.42. The van der Waals surface area contributed by atoms with Crippen LogP contribution in [-0.2, 0) is 11.3 Å². The van der Waals surface area contributed by atoms with Crippen molar-refractivity contribution < 1.29 is 9.90 Å². The molecular formula is C15H23N3O2. The number of hydrogen-bond acceptors (Lipinski definition) is 4. The third-order valence-electron chi connectivity index (χ3n) is 3.63. The van der Waals surface area contributed by atoms with Gasteiger partial charge in [-0.1, -0.05) is 12.1 Å². The summed E-state index contributed by atoms with van der Waals surface area (Å²) in [4.78, 5) is 15.1. The first-order chi connectivity index (χ1) is 9.65. The maximum Gasteiger partial charge on any atom is 0.305 e. The molecule has 2 rings (SSSR count). The Labute approximate surface area is 120 Å². The first-order valence-electron chi connectivity index (χ1n) is 7.10. The van der Waals surface area contributed by atoms with Crippen molar-refractivity contribution in [1.29, 1.82) is 0 Å². The average Bonchev–Trinajstić information content (AvgIpc) is 2.46. The second-order valence-electron chi connectivity index (χ2n) is 5.26. The molecule has 1 saturated heterocycles. The number of nitrogens with one attached hydrogen (secondary N) is 1. The van der Waals surface area contributed by atoms with E-state index in [1.807, 2.05) is 24.1 Å². The number of nitrogens with zero attached hydrogens (tertiary/aromatic N) is 2. The van der Waals surface area contributed by atoms with E-state index < -0.39 is 5.97 Å². The summed E-state index contributed by atoms with van der Waals surface area (Å²) < 4.78 is 0. The SMILES string of the molecule is CN(CCC(=O)O)c1cccc(CN2CCNCC2)c1. The molecule has 1 aliphatic heterocycles. The number of aliphatic carboxylic acids is 1. The molecule has 0 atom stereocenters. The highest BCUT2D eigenvalue weighted by molar-refractivity contribution is 5.67. The minimum atomic E-state index is -0.756. The standard InChI is InChI=1S/C15H23N3O2/c1-17(8-5-15(19)20)14-4-2-3-13(11-14)12-18-9-6-16-7-10-18/h2-4,11,16H,5-10,12H2,1H3,(H,19,20). The second-order valence-corrected chi connectivity index (χ2v) is 5.26. The molecule has 1 heterocycles. The van der Waals surface area contributed by atoms with Crippen molar-refractivity contribution in [1.82, 2.24) is 10.2 Å². The van der Waals surface area contributed by atoms with Gasteiger partial charge in [-0.15, -0.1) is 0 Å². The van der Waals surface area contributed by atoms with Crippen molar-refractivity contribution in [3.05, 3.63) is 29.8 Å². The highest BCUT2D eigenvalue weighted by atomic mass is 16.4. The van der Waals surface area contributed by atoms with Gasteiger partial charge in [0.25, 0.3) is 0 Å². The lowest BCUT2D eigenvalue weighted by Gasteiger charge is -2.27. The molecule has 1 aromatic rings. The van der Waals surface area contributed by atoms with Gasteiger partial charge in [-0.2, -0.15) is 0 Å². The van der Waals surface area contributed by atoms with Gasteiger partial charge in [0.1, 0.15) is 0 Å². The van der Waals surface area contributed by atoms with Crippen LogP contribution in [0, 0.1) is 0 Å². The molecule has 5 heteroatoms. The van der Waals surface area contributed by atoms with Crippen LogP contribution in [0.3, 0.4) is 0 Å². The van der Waals surface area contributed by atoms with E-state index in [1.54, 1.807) is 0 Å². The van der Waals surface area contributed by atoms with Crippen molar-refractivity contribution >= 4 is 11.7 Å². The maximum atomic E-state index is 10.6. The molecule has 20 heavy (non-hydrogen) atoms. The van der Waals surface area contributed by atoms with Crippen molar-refractivity contribution in [2.75, 3.05) is 44.7 Å². The summed E-state index contributed by atoms with van der Waals surface area (Å²) in [6.07, 6.45) is 0.165.